The molecule has 6 nitrogen and oxygen atoms in total. The first-order valence-electron chi connectivity index (χ1n) is 6.48. The average molecular weight is 320 g/mol. The van der Waals surface area contributed by atoms with Gasteiger partial charge < -0.3 is 15.2 Å². The highest BCUT2D eigenvalue weighted by molar-refractivity contribution is 6.34. The Labute approximate surface area is 131 Å². The van der Waals surface area contributed by atoms with Gasteiger partial charge in [0.15, 0.2) is 0 Å². The Kier molecular flexibility index (Phi) is 4.95. The Morgan fingerprint density at radius 1 is 1.18 bits per heavy atom. The summed E-state index contributed by atoms with van der Waals surface area (Å²) in [5.41, 5.74) is 0.691. The fourth-order valence-electron chi connectivity index (χ4n) is 1.83. The van der Waals surface area contributed by atoms with Crippen LogP contribution in [-0.2, 0) is 16.1 Å². The third-order valence-electron chi connectivity index (χ3n) is 2.78. The first-order valence-corrected chi connectivity index (χ1v) is 6.86. The van der Waals surface area contributed by atoms with E-state index in [0.717, 1.165) is 0 Å². The van der Waals surface area contributed by atoms with Crippen LogP contribution >= 0.6 is 11.6 Å². The molecule has 0 saturated heterocycles. The van der Waals surface area contributed by atoms with Crippen LogP contribution in [0.15, 0.2) is 47.4 Å². The first kappa shape index (κ1) is 15.8. The second kappa shape index (κ2) is 6.91. The van der Waals surface area contributed by atoms with Crippen molar-refractivity contribution in [2.45, 2.75) is 13.5 Å². The standard InChI is InChI=1S/C15H14ClN3O3/c1-10(20)17-13-6-5-11(8-12(13)16)18-14(21)9-19-7-3-2-4-15(19)22/h2-8H,9H2,1H3,(H,17,20)(H,18,21). The van der Waals surface area contributed by atoms with Crippen molar-refractivity contribution < 1.29 is 9.59 Å². The lowest BCUT2D eigenvalue weighted by Gasteiger charge is -2.10. The second-order valence-corrected chi connectivity index (χ2v) is 5.00. The van der Waals surface area contributed by atoms with E-state index in [4.69, 9.17) is 11.6 Å². The summed E-state index contributed by atoms with van der Waals surface area (Å²) in [5.74, 6) is -0.584. The molecule has 22 heavy (non-hydrogen) atoms. The molecule has 0 aliphatic rings. The highest BCUT2D eigenvalue weighted by Gasteiger charge is 2.07. The molecule has 1 heterocycles. The number of nitrogens with one attached hydrogen (secondary N) is 2. The fraction of sp³-hybridized carbons (Fsp3) is 0.133. The van der Waals surface area contributed by atoms with Crippen molar-refractivity contribution in [2.75, 3.05) is 10.6 Å². The molecule has 0 atom stereocenters. The van der Waals surface area contributed by atoms with E-state index in [1.54, 1.807) is 24.3 Å². The van der Waals surface area contributed by atoms with E-state index < -0.39 is 0 Å². The van der Waals surface area contributed by atoms with Gasteiger partial charge >= 0.3 is 0 Å². The van der Waals surface area contributed by atoms with Crippen molar-refractivity contribution in [1.29, 1.82) is 0 Å². The molecule has 1 aromatic carbocycles. The zero-order valence-corrected chi connectivity index (χ0v) is 12.6. The molecule has 2 aromatic rings. The average Bonchev–Trinajstić information content (AvgIpc) is 2.44. The molecule has 7 heteroatoms. The van der Waals surface area contributed by atoms with Gasteiger partial charge in [0.2, 0.25) is 11.8 Å². The lowest BCUT2D eigenvalue weighted by molar-refractivity contribution is -0.117. The van der Waals surface area contributed by atoms with Crippen molar-refractivity contribution in [1.82, 2.24) is 4.57 Å². The number of aromatic nitrogens is 1. The molecule has 0 saturated carbocycles. The molecule has 0 bridgehead atoms. The number of rotatable bonds is 4. The van der Waals surface area contributed by atoms with Gasteiger partial charge in [0.1, 0.15) is 6.54 Å². The van der Waals surface area contributed by atoms with E-state index in [-0.39, 0.29) is 23.9 Å². The van der Waals surface area contributed by atoms with E-state index in [1.165, 1.54) is 29.8 Å². The van der Waals surface area contributed by atoms with Gasteiger partial charge in [-0.1, -0.05) is 17.7 Å². The zero-order valence-electron chi connectivity index (χ0n) is 11.8. The van der Waals surface area contributed by atoms with Crippen LogP contribution in [0.25, 0.3) is 0 Å². The first-order chi connectivity index (χ1) is 10.5. The van der Waals surface area contributed by atoms with Crippen molar-refractivity contribution >= 4 is 34.8 Å². The van der Waals surface area contributed by atoms with Gasteiger partial charge in [-0.3, -0.25) is 14.4 Å². The summed E-state index contributed by atoms with van der Waals surface area (Å²) in [6.45, 7) is 1.29. The summed E-state index contributed by atoms with van der Waals surface area (Å²) in [7, 11) is 0. The van der Waals surface area contributed by atoms with E-state index in [0.29, 0.717) is 16.4 Å². The third-order valence-corrected chi connectivity index (χ3v) is 3.09. The van der Waals surface area contributed by atoms with Crippen LogP contribution in [0.1, 0.15) is 6.92 Å². The van der Waals surface area contributed by atoms with Crippen LogP contribution in [0.3, 0.4) is 0 Å². The highest BCUT2D eigenvalue weighted by Crippen LogP contribution is 2.25. The number of carbonyl (C=O) groups excluding carboxylic acids is 2. The molecule has 0 aliphatic carbocycles. The predicted octanol–water partition coefficient (Wildman–Crippen LogP) is 2.10. The van der Waals surface area contributed by atoms with E-state index in [1.807, 2.05) is 0 Å². The molecule has 0 radical (unpaired) electrons. The summed E-state index contributed by atoms with van der Waals surface area (Å²) >= 11 is 6.02. The molecule has 0 aliphatic heterocycles. The smallest absolute Gasteiger partial charge is 0.250 e. The predicted molar refractivity (Wildman–Crippen MR) is 85.1 cm³/mol. The van der Waals surface area contributed by atoms with Crippen LogP contribution in [0.4, 0.5) is 11.4 Å². The quantitative estimate of drug-likeness (QED) is 0.905. The van der Waals surface area contributed by atoms with Crippen LogP contribution in [-0.4, -0.2) is 16.4 Å². The molecule has 1 aromatic heterocycles. The Hall–Kier alpha value is -2.60. The number of benzene rings is 1. The largest absolute Gasteiger partial charge is 0.325 e. The maximum Gasteiger partial charge on any atom is 0.250 e. The Balaban J connectivity index is 2.06. The Morgan fingerprint density at radius 2 is 1.95 bits per heavy atom. The van der Waals surface area contributed by atoms with Gasteiger partial charge in [-0.25, -0.2) is 0 Å². The van der Waals surface area contributed by atoms with Gasteiger partial charge in [0.25, 0.3) is 5.56 Å². The summed E-state index contributed by atoms with van der Waals surface area (Å²) in [6, 6.07) is 9.40. The normalized spacial score (nSPS) is 10.1. The molecule has 114 valence electrons. The lowest BCUT2D eigenvalue weighted by atomic mass is 10.2. The molecule has 2 amide bonds. The number of hydrogen-bond donors (Lipinski definition) is 2. The fourth-order valence-corrected chi connectivity index (χ4v) is 2.06. The highest BCUT2D eigenvalue weighted by atomic mass is 35.5. The number of hydrogen-bond acceptors (Lipinski definition) is 3. The monoisotopic (exact) mass is 319 g/mol. The van der Waals surface area contributed by atoms with Gasteiger partial charge in [0.05, 0.1) is 10.7 Å². The summed E-state index contributed by atoms with van der Waals surface area (Å²) in [6.07, 6.45) is 1.54. The maximum absolute atomic E-state index is 11.9. The molecule has 0 fully saturated rings. The van der Waals surface area contributed by atoms with Crippen LogP contribution < -0.4 is 16.2 Å². The minimum Gasteiger partial charge on any atom is -0.325 e. The van der Waals surface area contributed by atoms with Crippen molar-refractivity contribution in [2.24, 2.45) is 0 Å². The summed E-state index contributed by atoms with van der Waals surface area (Å²) < 4.78 is 1.29. The van der Waals surface area contributed by atoms with Crippen molar-refractivity contribution in [3.8, 4) is 0 Å². The van der Waals surface area contributed by atoms with E-state index in [2.05, 4.69) is 10.6 Å². The van der Waals surface area contributed by atoms with Crippen LogP contribution in [0.2, 0.25) is 5.02 Å². The number of nitrogens with zero attached hydrogens (tertiary/aromatic N) is 1. The molecule has 0 unspecified atom stereocenters. The van der Waals surface area contributed by atoms with Gasteiger partial charge in [0, 0.05) is 24.9 Å². The number of anilines is 2. The van der Waals surface area contributed by atoms with Crippen LogP contribution in [0, 0.1) is 0 Å². The van der Waals surface area contributed by atoms with Crippen LogP contribution in [0.5, 0.6) is 0 Å². The number of pyridine rings is 1. The summed E-state index contributed by atoms with van der Waals surface area (Å²) in [5, 5.41) is 5.53. The molecular weight excluding hydrogens is 306 g/mol. The molecule has 2 rings (SSSR count). The number of halogens is 1. The van der Waals surface area contributed by atoms with E-state index >= 15 is 0 Å². The van der Waals surface area contributed by atoms with Crippen molar-refractivity contribution in [3.63, 3.8) is 0 Å². The molecule has 0 spiro atoms. The topological polar surface area (TPSA) is 80.2 Å². The Morgan fingerprint density at radius 3 is 2.59 bits per heavy atom. The van der Waals surface area contributed by atoms with Gasteiger partial charge in [-0.2, -0.15) is 0 Å². The molecular formula is C15H14ClN3O3. The minimum absolute atomic E-state index is 0.0925. The number of carbonyl (C=O) groups is 2. The van der Waals surface area contributed by atoms with Gasteiger partial charge in [-0.05, 0) is 24.3 Å². The van der Waals surface area contributed by atoms with E-state index in [9.17, 15) is 14.4 Å². The lowest BCUT2D eigenvalue weighted by Crippen LogP contribution is -2.26. The summed E-state index contributed by atoms with van der Waals surface area (Å²) in [4.78, 5) is 34.4. The number of amides is 2. The SMILES string of the molecule is CC(=O)Nc1ccc(NC(=O)Cn2ccccc2=O)cc1Cl. The third kappa shape index (κ3) is 4.20. The minimum atomic E-state index is -0.350. The van der Waals surface area contributed by atoms with Crippen molar-refractivity contribution in [3.05, 3.63) is 58.0 Å². The zero-order chi connectivity index (χ0) is 16.1. The van der Waals surface area contributed by atoms with Gasteiger partial charge in [-0.15, -0.1) is 0 Å². The molecule has 2 N–H and O–H groups in total. The maximum atomic E-state index is 11.9. The second-order valence-electron chi connectivity index (χ2n) is 4.59. The Bertz CT molecular complexity index is 771.